The lowest BCUT2D eigenvalue weighted by atomic mass is 10.0. The van der Waals surface area contributed by atoms with Crippen LogP contribution in [0.2, 0.25) is 0 Å². The molecular weight excluding hydrogens is 222 g/mol. The van der Waals surface area contributed by atoms with E-state index in [0.29, 0.717) is 12.2 Å². The Morgan fingerprint density at radius 2 is 1.83 bits per heavy atom. The van der Waals surface area contributed by atoms with E-state index in [1.807, 2.05) is 12.3 Å². The molecule has 0 unspecified atom stereocenters. The molecule has 1 fully saturated rings. The van der Waals surface area contributed by atoms with E-state index in [1.165, 1.54) is 5.56 Å². The number of Topliss-reactive ketones (excluding diaryl/α,β-unsaturated/α-hetero) is 1. The van der Waals surface area contributed by atoms with Gasteiger partial charge in [-0.3, -0.25) is 9.78 Å². The molecule has 0 N–H and O–H groups in total. The van der Waals surface area contributed by atoms with E-state index in [-0.39, 0.29) is 16.7 Å². The van der Waals surface area contributed by atoms with Crippen LogP contribution in [0.25, 0.3) is 0 Å². The minimum atomic E-state index is 0.132. The van der Waals surface area contributed by atoms with E-state index in [9.17, 15) is 4.79 Å². The predicted octanol–water partition coefficient (Wildman–Crippen LogP) is 3.44. The average Bonchev–Trinajstić information content (AvgIpc) is 2.70. The molecule has 2 heteroatoms. The molecule has 2 rings (SSSR count). The second-order valence-corrected chi connectivity index (χ2v) is 6.53. The summed E-state index contributed by atoms with van der Waals surface area (Å²) in [6, 6.07) is 4.05. The molecular formula is C16H23NO. The molecule has 1 heterocycles. The average molecular weight is 245 g/mol. The van der Waals surface area contributed by atoms with Gasteiger partial charge in [0.1, 0.15) is 5.78 Å². The third-order valence-electron chi connectivity index (χ3n) is 4.99. The fourth-order valence-electron chi connectivity index (χ4n) is 3.05. The lowest BCUT2D eigenvalue weighted by Gasteiger charge is -2.03. The van der Waals surface area contributed by atoms with Gasteiger partial charge in [0.15, 0.2) is 0 Å². The number of pyridine rings is 1. The van der Waals surface area contributed by atoms with Crippen LogP contribution in [0, 0.1) is 16.7 Å². The predicted molar refractivity (Wildman–Crippen MR) is 73.4 cm³/mol. The van der Waals surface area contributed by atoms with Gasteiger partial charge in [0.05, 0.1) is 0 Å². The first-order valence-corrected chi connectivity index (χ1v) is 6.77. The molecule has 1 saturated carbocycles. The first-order valence-electron chi connectivity index (χ1n) is 6.77. The molecule has 0 amide bonds. The lowest BCUT2D eigenvalue weighted by molar-refractivity contribution is -0.120. The number of aromatic nitrogens is 1. The number of hydrogen-bond acceptors (Lipinski definition) is 2. The standard InChI is InChI=1S/C16H23NO/c1-6-11-7-8-12(17-10-11)9-13(18)14-15(2,3)16(14,4)5/h7-8,10,14H,6,9H2,1-5H3. The van der Waals surface area contributed by atoms with Crippen molar-refractivity contribution >= 4 is 5.78 Å². The first-order chi connectivity index (χ1) is 8.30. The monoisotopic (exact) mass is 245 g/mol. The van der Waals surface area contributed by atoms with Gasteiger partial charge in [0, 0.05) is 24.2 Å². The molecule has 1 aromatic heterocycles. The van der Waals surface area contributed by atoms with Crippen LogP contribution in [-0.4, -0.2) is 10.8 Å². The highest BCUT2D eigenvalue weighted by molar-refractivity contribution is 5.87. The fourth-order valence-corrected chi connectivity index (χ4v) is 3.05. The van der Waals surface area contributed by atoms with E-state index in [2.05, 4.69) is 45.7 Å². The van der Waals surface area contributed by atoms with Crippen LogP contribution in [0.15, 0.2) is 18.3 Å². The molecule has 0 aromatic carbocycles. The van der Waals surface area contributed by atoms with Gasteiger partial charge in [0.25, 0.3) is 0 Å². The second-order valence-electron chi connectivity index (χ2n) is 6.53. The summed E-state index contributed by atoms with van der Waals surface area (Å²) in [7, 11) is 0. The Hall–Kier alpha value is -1.18. The zero-order chi connectivity index (χ0) is 13.6. The minimum Gasteiger partial charge on any atom is -0.299 e. The highest BCUT2D eigenvalue weighted by Crippen LogP contribution is 2.68. The number of nitrogens with zero attached hydrogens (tertiary/aromatic N) is 1. The van der Waals surface area contributed by atoms with Crippen molar-refractivity contribution in [2.75, 3.05) is 0 Å². The zero-order valence-electron chi connectivity index (χ0n) is 12.1. The van der Waals surface area contributed by atoms with Crippen LogP contribution in [-0.2, 0) is 17.6 Å². The fraction of sp³-hybridized carbons (Fsp3) is 0.625. The SMILES string of the molecule is CCc1ccc(CC(=O)C2C(C)(C)C2(C)C)nc1. The molecule has 0 radical (unpaired) electrons. The summed E-state index contributed by atoms with van der Waals surface area (Å²) >= 11 is 0. The molecule has 0 atom stereocenters. The maximum Gasteiger partial charge on any atom is 0.143 e. The second kappa shape index (κ2) is 4.18. The molecule has 0 spiro atoms. The van der Waals surface area contributed by atoms with Crippen molar-refractivity contribution in [3.63, 3.8) is 0 Å². The van der Waals surface area contributed by atoms with Gasteiger partial charge in [-0.05, 0) is 28.9 Å². The van der Waals surface area contributed by atoms with Gasteiger partial charge >= 0.3 is 0 Å². The number of rotatable bonds is 4. The summed E-state index contributed by atoms with van der Waals surface area (Å²) in [4.78, 5) is 16.7. The minimum absolute atomic E-state index is 0.132. The number of hydrogen-bond donors (Lipinski definition) is 0. The van der Waals surface area contributed by atoms with Crippen molar-refractivity contribution in [2.24, 2.45) is 16.7 Å². The lowest BCUT2D eigenvalue weighted by Crippen LogP contribution is -2.11. The Labute approximate surface area is 110 Å². The molecule has 0 aliphatic heterocycles. The maximum absolute atomic E-state index is 12.3. The van der Waals surface area contributed by atoms with Gasteiger partial charge in [-0.15, -0.1) is 0 Å². The summed E-state index contributed by atoms with van der Waals surface area (Å²) < 4.78 is 0. The number of carbonyl (C=O) groups excluding carboxylic acids is 1. The van der Waals surface area contributed by atoms with Crippen LogP contribution in [0.1, 0.15) is 45.9 Å². The molecule has 0 bridgehead atoms. The molecule has 0 saturated heterocycles. The van der Waals surface area contributed by atoms with Gasteiger partial charge in [-0.1, -0.05) is 40.7 Å². The topological polar surface area (TPSA) is 30.0 Å². The third-order valence-corrected chi connectivity index (χ3v) is 4.99. The van der Waals surface area contributed by atoms with Crippen LogP contribution >= 0.6 is 0 Å². The molecule has 98 valence electrons. The summed E-state index contributed by atoms with van der Waals surface area (Å²) in [5.74, 6) is 0.513. The summed E-state index contributed by atoms with van der Waals surface area (Å²) in [6.07, 6.45) is 3.34. The van der Waals surface area contributed by atoms with Gasteiger partial charge in [-0.2, -0.15) is 0 Å². The van der Waals surface area contributed by atoms with Crippen molar-refractivity contribution in [3.8, 4) is 0 Å². The molecule has 18 heavy (non-hydrogen) atoms. The zero-order valence-corrected chi connectivity index (χ0v) is 12.1. The number of ketones is 1. The Morgan fingerprint density at radius 1 is 1.22 bits per heavy atom. The van der Waals surface area contributed by atoms with Crippen LogP contribution in [0.4, 0.5) is 0 Å². The Morgan fingerprint density at radius 3 is 2.22 bits per heavy atom. The van der Waals surface area contributed by atoms with Crippen molar-refractivity contribution in [1.29, 1.82) is 0 Å². The first kappa shape index (κ1) is 13.3. The number of aryl methyl sites for hydroxylation is 1. The van der Waals surface area contributed by atoms with Crippen molar-refractivity contribution in [2.45, 2.75) is 47.5 Å². The third kappa shape index (κ3) is 1.98. The van der Waals surface area contributed by atoms with Crippen LogP contribution in [0.5, 0.6) is 0 Å². The normalized spacial score (nSPS) is 20.7. The smallest absolute Gasteiger partial charge is 0.143 e. The van der Waals surface area contributed by atoms with E-state index >= 15 is 0 Å². The molecule has 2 nitrogen and oxygen atoms in total. The Bertz CT molecular complexity index is 442. The highest BCUT2D eigenvalue weighted by atomic mass is 16.1. The molecule has 1 aliphatic carbocycles. The summed E-state index contributed by atoms with van der Waals surface area (Å²) in [6.45, 7) is 10.8. The highest BCUT2D eigenvalue weighted by Gasteiger charge is 2.67. The molecule has 1 aromatic rings. The van der Waals surface area contributed by atoms with Gasteiger partial charge in [-0.25, -0.2) is 0 Å². The largest absolute Gasteiger partial charge is 0.299 e. The molecule has 1 aliphatic rings. The van der Waals surface area contributed by atoms with E-state index in [1.54, 1.807) is 0 Å². The number of carbonyl (C=O) groups is 1. The van der Waals surface area contributed by atoms with Crippen LogP contribution in [0.3, 0.4) is 0 Å². The maximum atomic E-state index is 12.3. The summed E-state index contributed by atoms with van der Waals surface area (Å²) in [5.41, 5.74) is 2.38. The van der Waals surface area contributed by atoms with Crippen LogP contribution < -0.4 is 0 Å². The van der Waals surface area contributed by atoms with E-state index < -0.39 is 0 Å². The van der Waals surface area contributed by atoms with E-state index in [0.717, 1.165) is 12.1 Å². The quantitative estimate of drug-likeness (QED) is 0.813. The van der Waals surface area contributed by atoms with Crippen molar-refractivity contribution in [1.82, 2.24) is 4.98 Å². The van der Waals surface area contributed by atoms with E-state index in [4.69, 9.17) is 0 Å². The van der Waals surface area contributed by atoms with Gasteiger partial charge < -0.3 is 0 Å². The van der Waals surface area contributed by atoms with Crippen molar-refractivity contribution < 1.29 is 4.79 Å². The Kier molecular flexibility index (Phi) is 3.08. The van der Waals surface area contributed by atoms with Crippen molar-refractivity contribution in [3.05, 3.63) is 29.6 Å². The Balaban J connectivity index is 2.05. The van der Waals surface area contributed by atoms with Gasteiger partial charge in [0.2, 0.25) is 0 Å². The summed E-state index contributed by atoms with van der Waals surface area (Å²) in [5, 5.41) is 0.